The molecule has 4 nitrogen and oxygen atoms in total. The Morgan fingerprint density at radius 1 is 1.40 bits per heavy atom. The first kappa shape index (κ1) is 13.7. The number of aromatic nitrogens is 1. The van der Waals surface area contributed by atoms with Gasteiger partial charge in [0.1, 0.15) is 0 Å². The highest BCUT2D eigenvalue weighted by Gasteiger charge is 2.36. The minimum atomic E-state index is 0.386. The van der Waals surface area contributed by atoms with Crippen molar-refractivity contribution < 1.29 is 4.74 Å². The molecule has 0 aliphatic carbocycles. The molecule has 20 heavy (non-hydrogen) atoms. The molecule has 2 aliphatic rings. The number of fused-ring (bicyclic) bond motifs is 1. The topological polar surface area (TPSA) is 28.6 Å². The van der Waals surface area contributed by atoms with E-state index in [-0.39, 0.29) is 0 Å². The molecule has 2 atom stereocenters. The van der Waals surface area contributed by atoms with Crippen molar-refractivity contribution in [2.75, 3.05) is 32.8 Å². The molecule has 3 heterocycles. The molecule has 2 saturated heterocycles. The molecule has 0 unspecified atom stereocenters. The Morgan fingerprint density at radius 2 is 2.35 bits per heavy atom. The highest BCUT2D eigenvalue weighted by Crippen LogP contribution is 2.24. The molecule has 108 valence electrons. The fourth-order valence-electron chi connectivity index (χ4n) is 3.28. The van der Waals surface area contributed by atoms with Gasteiger partial charge in [-0.1, -0.05) is 12.1 Å². The van der Waals surface area contributed by atoms with Crippen LogP contribution in [-0.4, -0.2) is 59.7 Å². The first-order valence-electron chi connectivity index (χ1n) is 7.43. The van der Waals surface area contributed by atoms with Crippen LogP contribution in [0.5, 0.6) is 0 Å². The third-order valence-corrected chi connectivity index (χ3v) is 4.24. The Labute approximate surface area is 121 Å². The van der Waals surface area contributed by atoms with Gasteiger partial charge < -0.3 is 4.74 Å². The van der Waals surface area contributed by atoms with Gasteiger partial charge in [0, 0.05) is 51.2 Å². The van der Waals surface area contributed by atoms with E-state index in [0.717, 1.165) is 39.1 Å². The standard InChI is InChI=1S/C16H23N3O/c1-2-8-20-16-9-15-12-18(6-7-19(15)13-16)11-14-4-3-5-17-10-14/h2-5,10,15-16H,1,6-9,11-13H2/t15-,16-/m0/s1. The summed E-state index contributed by atoms with van der Waals surface area (Å²) in [5, 5.41) is 0. The Bertz CT molecular complexity index is 437. The molecule has 1 aromatic rings. The number of piperazine rings is 1. The maximum atomic E-state index is 5.81. The molecule has 4 heteroatoms. The summed E-state index contributed by atoms with van der Waals surface area (Å²) in [5.41, 5.74) is 1.30. The zero-order valence-electron chi connectivity index (χ0n) is 11.9. The summed E-state index contributed by atoms with van der Waals surface area (Å²) in [4.78, 5) is 9.31. The summed E-state index contributed by atoms with van der Waals surface area (Å²) in [6.07, 6.45) is 7.18. The van der Waals surface area contributed by atoms with Crippen molar-refractivity contribution in [1.82, 2.24) is 14.8 Å². The van der Waals surface area contributed by atoms with E-state index in [2.05, 4.69) is 27.4 Å². The second-order valence-electron chi connectivity index (χ2n) is 5.72. The van der Waals surface area contributed by atoms with Crippen LogP contribution in [0.1, 0.15) is 12.0 Å². The van der Waals surface area contributed by atoms with Crippen LogP contribution in [0.3, 0.4) is 0 Å². The van der Waals surface area contributed by atoms with Gasteiger partial charge in [-0.2, -0.15) is 0 Å². The van der Waals surface area contributed by atoms with Crippen LogP contribution in [0.15, 0.2) is 37.2 Å². The lowest BCUT2D eigenvalue weighted by molar-refractivity contribution is 0.0758. The second-order valence-corrected chi connectivity index (χ2v) is 5.72. The molecule has 0 spiro atoms. The maximum absolute atomic E-state index is 5.81. The van der Waals surface area contributed by atoms with E-state index in [4.69, 9.17) is 4.74 Å². The first-order chi connectivity index (χ1) is 9.85. The van der Waals surface area contributed by atoms with Crippen molar-refractivity contribution in [3.8, 4) is 0 Å². The summed E-state index contributed by atoms with van der Waals surface area (Å²) in [6, 6.07) is 4.82. The number of nitrogens with zero attached hydrogens (tertiary/aromatic N) is 3. The van der Waals surface area contributed by atoms with Gasteiger partial charge in [0.15, 0.2) is 0 Å². The molecule has 0 saturated carbocycles. The van der Waals surface area contributed by atoms with Gasteiger partial charge in [-0.25, -0.2) is 0 Å². The van der Waals surface area contributed by atoms with Crippen LogP contribution in [0.2, 0.25) is 0 Å². The molecule has 2 fully saturated rings. The number of ether oxygens (including phenoxy) is 1. The summed E-state index contributed by atoms with van der Waals surface area (Å²) in [7, 11) is 0. The maximum Gasteiger partial charge on any atom is 0.0721 e. The molecule has 3 rings (SSSR count). The molecule has 0 N–H and O–H groups in total. The van der Waals surface area contributed by atoms with Crippen LogP contribution in [0.25, 0.3) is 0 Å². The Morgan fingerprint density at radius 3 is 3.15 bits per heavy atom. The monoisotopic (exact) mass is 273 g/mol. The van der Waals surface area contributed by atoms with Crippen LogP contribution < -0.4 is 0 Å². The third kappa shape index (κ3) is 3.26. The zero-order chi connectivity index (χ0) is 13.8. The Kier molecular flexibility index (Phi) is 4.45. The average molecular weight is 273 g/mol. The molecule has 0 radical (unpaired) electrons. The van der Waals surface area contributed by atoms with Crippen molar-refractivity contribution >= 4 is 0 Å². The molecule has 2 aliphatic heterocycles. The van der Waals surface area contributed by atoms with Crippen molar-refractivity contribution in [2.45, 2.75) is 25.1 Å². The molecular weight excluding hydrogens is 250 g/mol. The van der Waals surface area contributed by atoms with Gasteiger partial charge in [-0.05, 0) is 18.1 Å². The summed E-state index contributed by atoms with van der Waals surface area (Å²) in [5.74, 6) is 0. The van der Waals surface area contributed by atoms with Crippen LogP contribution in [0, 0.1) is 0 Å². The van der Waals surface area contributed by atoms with Crippen LogP contribution >= 0.6 is 0 Å². The number of pyridine rings is 1. The van der Waals surface area contributed by atoms with Gasteiger partial charge in [-0.3, -0.25) is 14.8 Å². The predicted octanol–water partition coefficient (Wildman–Crippen LogP) is 1.54. The highest BCUT2D eigenvalue weighted by atomic mass is 16.5. The van der Waals surface area contributed by atoms with E-state index in [1.165, 1.54) is 5.56 Å². The quantitative estimate of drug-likeness (QED) is 0.761. The van der Waals surface area contributed by atoms with E-state index in [1.54, 1.807) is 0 Å². The normalized spacial score (nSPS) is 27.4. The number of hydrogen-bond acceptors (Lipinski definition) is 4. The van der Waals surface area contributed by atoms with Crippen molar-refractivity contribution in [2.24, 2.45) is 0 Å². The van der Waals surface area contributed by atoms with E-state index in [9.17, 15) is 0 Å². The van der Waals surface area contributed by atoms with E-state index in [0.29, 0.717) is 18.8 Å². The predicted molar refractivity (Wildman–Crippen MR) is 79.4 cm³/mol. The number of hydrogen-bond donors (Lipinski definition) is 0. The minimum Gasteiger partial charge on any atom is -0.373 e. The lowest BCUT2D eigenvalue weighted by atomic mass is 10.1. The van der Waals surface area contributed by atoms with Gasteiger partial charge in [0.2, 0.25) is 0 Å². The van der Waals surface area contributed by atoms with Gasteiger partial charge in [0.05, 0.1) is 12.7 Å². The van der Waals surface area contributed by atoms with Crippen LogP contribution in [-0.2, 0) is 11.3 Å². The Hall–Kier alpha value is -1.23. The van der Waals surface area contributed by atoms with E-state index >= 15 is 0 Å². The van der Waals surface area contributed by atoms with Gasteiger partial charge in [-0.15, -0.1) is 6.58 Å². The highest BCUT2D eigenvalue weighted by molar-refractivity contribution is 5.08. The average Bonchev–Trinajstić information content (AvgIpc) is 2.88. The fraction of sp³-hybridized carbons (Fsp3) is 0.562. The molecule has 0 aromatic carbocycles. The first-order valence-corrected chi connectivity index (χ1v) is 7.43. The summed E-state index contributed by atoms with van der Waals surface area (Å²) < 4.78 is 5.81. The lowest BCUT2D eigenvalue weighted by Crippen LogP contribution is -2.49. The van der Waals surface area contributed by atoms with E-state index in [1.807, 2.05) is 24.5 Å². The second kappa shape index (κ2) is 6.48. The largest absolute Gasteiger partial charge is 0.373 e. The smallest absolute Gasteiger partial charge is 0.0721 e. The summed E-state index contributed by atoms with van der Waals surface area (Å²) in [6.45, 7) is 9.91. The van der Waals surface area contributed by atoms with Crippen molar-refractivity contribution in [3.63, 3.8) is 0 Å². The fourth-order valence-corrected chi connectivity index (χ4v) is 3.28. The Balaban J connectivity index is 1.52. The van der Waals surface area contributed by atoms with E-state index < -0.39 is 0 Å². The summed E-state index contributed by atoms with van der Waals surface area (Å²) >= 11 is 0. The molecule has 0 bridgehead atoms. The molecular formula is C16H23N3O. The third-order valence-electron chi connectivity index (χ3n) is 4.24. The van der Waals surface area contributed by atoms with Crippen molar-refractivity contribution in [3.05, 3.63) is 42.7 Å². The van der Waals surface area contributed by atoms with Gasteiger partial charge in [0.25, 0.3) is 0 Å². The SMILES string of the molecule is C=CCO[C@H]1C[C@H]2CN(Cc3cccnc3)CCN2C1. The van der Waals surface area contributed by atoms with Gasteiger partial charge >= 0.3 is 0 Å². The van der Waals surface area contributed by atoms with Crippen LogP contribution in [0.4, 0.5) is 0 Å². The van der Waals surface area contributed by atoms with Crippen molar-refractivity contribution in [1.29, 1.82) is 0 Å². The lowest BCUT2D eigenvalue weighted by Gasteiger charge is -2.37. The minimum absolute atomic E-state index is 0.386. The molecule has 1 aromatic heterocycles. The number of rotatable bonds is 5. The molecule has 0 amide bonds. The zero-order valence-corrected chi connectivity index (χ0v) is 11.9.